The number of hydrogen-bond acceptors (Lipinski definition) is 3. The smallest absolute Gasteiger partial charge is 0.270 e. The van der Waals surface area contributed by atoms with Crippen LogP contribution in [-0.4, -0.2) is 15.4 Å². The summed E-state index contributed by atoms with van der Waals surface area (Å²) in [6, 6.07) is 14.6. The fourth-order valence-corrected chi connectivity index (χ4v) is 3.02. The third-order valence-corrected chi connectivity index (χ3v) is 4.18. The van der Waals surface area contributed by atoms with E-state index in [2.05, 4.69) is 4.57 Å². The molecule has 0 saturated heterocycles. The van der Waals surface area contributed by atoms with E-state index in [4.69, 9.17) is 5.73 Å². The van der Waals surface area contributed by atoms with Crippen molar-refractivity contribution in [3.63, 3.8) is 0 Å². The molecule has 0 fully saturated rings. The lowest BCUT2D eigenvalue weighted by molar-refractivity contribution is -0.384. The molecule has 0 atom stereocenters. The van der Waals surface area contributed by atoms with Crippen LogP contribution in [0, 0.1) is 17.0 Å². The number of rotatable bonds is 5. The SMILES string of the molecule is Cc1c(CC(N)=O)c2cc([N+](=O)[O-])ccc2n1Cc1ccccc1. The quantitative estimate of drug-likeness (QED) is 0.578. The first-order valence-electron chi connectivity index (χ1n) is 7.55. The summed E-state index contributed by atoms with van der Waals surface area (Å²) in [5, 5.41) is 11.8. The first-order chi connectivity index (χ1) is 11.5. The summed E-state index contributed by atoms with van der Waals surface area (Å²) in [7, 11) is 0. The van der Waals surface area contributed by atoms with Crippen LogP contribution in [0.2, 0.25) is 0 Å². The maximum absolute atomic E-state index is 11.4. The van der Waals surface area contributed by atoms with Gasteiger partial charge in [-0.15, -0.1) is 0 Å². The van der Waals surface area contributed by atoms with Gasteiger partial charge in [-0.3, -0.25) is 14.9 Å². The van der Waals surface area contributed by atoms with Crippen molar-refractivity contribution in [3.8, 4) is 0 Å². The summed E-state index contributed by atoms with van der Waals surface area (Å²) in [6.07, 6.45) is 0.0608. The predicted molar refractivity (Wildman–Crippen MR) is 91.8 cm³/mol. The minimum Gasteiger partial charge on any atom is -0.369 e. The fraction of sp³-hybridized carbons (Fsp3) is 0.167. The van der Waals surface area contributed by atoms with Crippen molar-refractivity contribution in [3.05, 3.63) is 75.5 Å². The minimum absolute atomic E-state index is 0.00471. The van der Waals surface area contributed by atoms with Crippen LogP contribution in [0.15, 0.2) is 48.5 Å². The molecule has 0 aliphatic carbocycles. The molecule has 6 nitrogen and oxygen atoms in total. The molecule has 0 spiro atoms. The standard InChI is InChI=1S/C18H17N3O3/c1-12-15(10-18(19)22)16-9-14(21(23)24)7-8-17(16)20(12)11-13-5-3-2-4-6-13/h2-9H,10-11H2,1H3,(H2,19,22). The van der Waals surface area contributed by atoms with Gasteiger partial charge in [0, 0.05) is 35.3 Å². The number of hydrogen-bond donors (Lipinski definition) is 1. The molecular weight excluding hydrogens is 306 g/mol. The highest BCUT2D eigenvalue weighted by Crippen LogP contribution is 2.30. The number of nitro groups is 1. The van der Waals surface area contributed by atoms with Crippen LogP contribution in [0.4, 0.5) is 5.69 Å². The molecular formula is C18H17N3O3. The summed E-state index contributed by atoms with van der Waals surface area (Å²) in [5.41, 5.74) is 8.98. The van der Waals surface area contributed by atoms with Gasteiger partial charge in [0.2, 0.25) is 5.91 Å². The minimum atomic E-state index is -0.455. The van der Waals surface area contributed by atoms with Gasteiger partial charge in [0.1, 0.15) is 0 Å². The number of fused-ring (bicyclic) bond motifs is 1. The Balaban J connectivity index is 2.19. The van der Waals surface area contributed by atoms with Crippen LogP contribution in [0.3, 0.4) is 0 Å². The fourth-order valence-electron chi connectivity index (χ4n) is 3.02. The Bertz CT molecular complexity index is 930. The zero-order valence-electron chi connectivity index (χ0n) is 13.2. The Labute approximate surface area is 138 Å². The van der Waals surface area contributed by atoms with Crippen molar-refractivity contribution in [1.29, 1.82) is 0 Å². The molecule has 6 heteroatoms. The Morgan fingerprint density at radius 1 is 1.21 bits per heavy atom. The second-order valence-corrected chi connectivity index (χ2v) is 5.74. The Morgan fingerprint density at radius 2 is 1.92 bits per heavy atom. The Kier molecular flexibility index (Phi) is 4.04. The first-order valence-corrected chi connectivity index (χ1v) is 7.55. The van der Waals surface area contributed by atoms with Gasteiger partial charge < -0.3 is 10.3 Å². The first kappa shape index (κ1) is 15.7. The number of nitro benzene ring substituents is 1. The van der Waals surface area contributed by atoms with E-state index in [-0.39, 0.29) is 12.1 Å². The van der Waals surface area contributed by atoms with Gasteiger partial charge in [0.05, 0.1) is 11.3 Å². The number of nitrogens with zero attached hydrogens (tertiary/aromatic N) is 2. The van der Waals surface area contributed by atoms with E-state index in [0.717, 1.165) is 22.3 Å². The van der Waals surface area contributed by atoms with Crippen molar-refractivity contribution in [1.82, 2.24) is 4.57 Å². The summed E-state index contributed by atoms with van der Waals surface area (Å²) in [4.78, 5) is 22.1. The van der Waals surface area contributed by atoms with Crippen LogP contribution in [0.1, 0.15) is 16.8 Å². The summed E-state index contributed by atoms with van der Waals surface area (Å²) >= 11 is 0. The molecule has 0 aliphatic heterocycles. The van der Waals surface area contributed by atoms with Gasteiger partial charge in [-0.05, 0) is 24.1 Å². The van der Waals surface area contributed by atoms with Crippen LogP contribution in [0.25, 0.3) is 10.9 Å². The zero-order valence-corrected chi connectivity index (χ0v) is 13.2. The van der Waals surface area contributed by atoms with Gasteiger partial charge >= 0.3 is 0 Å². The van der Waals surface area contributed by atoms with Gasteiger partial charge in [-0.2, -0.15) is 0 Å². The highest BCUT2D eigenvalue weighted by Gasteiger charge is 2.18. The lowest BCUT2D eigenvalue weighted by atomic mass is 10.1. The second-order valence-electron chi connectivity index (χ2n) is 5.74. The lowest BCUT2D eigenvalue weighted by Crippen LogP contribution is -2.14. The number of carbonyl (C=O) groups is 1. The van der Waals surface area contributed by atoms with Crippen molar-refractivity contribution < 1.29 is 9.72 Å². The second kappa shape index (κ2) is 6.16. The van der Waals surface area contributed by atoms with E-state index in [0.29, 0.717) is 11.9 Å². The van der Waals surface area contributed by atoms with E-state index < -0.39 is 10.8 Å². The molecule has 3 rings (SSSR count). The van der Waals surface area contributed by atoms with Crippen LogP contribution in [-0.2, 0) is 17.8 Å². The van der Waals surface area contributed by atoms with Crippen molar-refractivity contribution in [2.75, 3.05) is 0 Å². The monoisotopic (exact) mass is 323 g/mol. The molecule has 1 heterocycles. The topological polar surface area (TPSA) is 91.2 Å². The number of nitrogens with two attached hydrogens (primary N) is 1. The molecule has 0 aliphatic rings. The molecule has 1 amide bonds. The maximum Gasteiger partial charge on any atom is 0.270 e. The van der Waals surface area contributed by atoms with Crippen molar-refractivity contribution in [2.45, 2.75) is 19.9 Å². The van der Waals surface area contributed by atoms with Crippen LogP contribution < -0.4 is 5.73 Å². The highest BCUT2D eigenvalue weighted by molar-refractivity contribution is 5.91. The molecule has 2 aromatic carbocycles. The summed E-state index contributed by atoms with van der Waals surface area (Å²) in [6.45, 7) is 2.53. The van der Waals surface area contributed by atoms with Gasteiger partial charge in [0.25, 0.3) is 5.69 Å². The van der Waals surface area contributed by atoms with Gasteiger partial charge in [-0.25, -0.2) is 0 Å². The van der Waals surface area contributed by atoms with Gasteiger partial charge in [0.15, 0.2) is 0 Å². The average Bonchev–Trinajstić information content (AvgIpc) is 2.80. The van der Waals surface area contributed by atoms with E-state index in [1.54, 1.807) is 6.07 Å². The Morgan fingerprint density at radius 3 is 2.54 bits per heavy atom. The molecule has 0 bridgehead atoms. The number of benzene rings is 2. The summed E-state index contributed by atoms with van der Waals surface area (Å²) < 4.78 is 2.06. The molecule has 0 unspecified atom stereocenters. The number of aromatic nitrogens is 1. The number of carbonyl (C=O) groups excluding carboxylic acids is 1. The average molecular weight is 323 g/mol. The maximum atomic E-state index is 11.4. The third-order valence-electron chi connectivity index (χ3n) is 4.18. The molecule has 1 aromatic heterocycles. The highest BCUT2D eigenvalue weighted by atomic mass is 16.6. The molecule has 122 valence electrons. The largest absolute Gasteiger partial charge is 0.369 e. The molecule has 3 aromatic rings. The van der Waals surface area contributed by atoms with Crippen LogP contribution in [0.5, 0.6) is 0 Å². The zero-order chi connectivity index (χ0) is 17.3. The van der Waals surface area contributed by atoms with E-state index >= 15 is 0 Å². The normalized spacial score (nSPS) is 10.9. The number of amides is 1. The van der Waals surface area contributed by atoms with Crippen LogP contribution >= 0.6 is 0 Å². The molecule has 2 N–H and O–H groups in total. The predicted octanol–water partition coefficient (Wildman–Crippen LogP) is 2.93. The van der Waals surface area contributed by atoms with Crippen molar-refractivity contribution >= 4 is 22.5 Å². The van der Waals surface area contributed by atoms with E-state index in [1.165, 1.54) is 12.1 Å². The van der Waals surface area contributed by atoms with Gasteiger partial charge in [-0.1, -0.05) is 30.3 Å². The third kappa shape index (κ3) is 2.86. The van der Waals surface area contributed by atoms with E-state index in [9.17, 15) is 14.9 Å². The lowest BCUT2D eigenvalue weighted by Gasteiger charge is -2.09. The molecule has 0 radical (unpaired) electrons. The molecule has 0 saturated carbocycles. The number of primary amides is 1. The number of non-ortho nitro benzene ring substituents is 1. The molecule has 24 heavy (non-hydrogen) atoms. The van der Waals surface area contributed by atoms with E-state index in [1.807, 2.05) is 37.3 Å². The Hall–Kier alpha value is -3.15. The van der Waals surface area contributed by atoms with Crippen molar-refractivity contribution in [2.24, 2.45) is 5.73 Å². The summed E-state index contributed by atoms with van der Waals surface area (Å²) in [5.74, 6) is -0.455.